The Kier molecular flexibility index (Phi) is 8.45. The fraction of sp³-hybridized carbons (Fsp3) is 0.667. The minimum absolute atomic E-state index is 0. The normalized spacial score (nSPS) is 14.0. The van der Waals surface area contributed by atoms with E-state index < -0.39 is 0 Å². The molecule has 4 nitrogen and oxygen atoms in total. The molecule has 0 radical (unpaired) electrons. The molecule has 0 aliphatic carbocycles. The number of nitrogens with zero attached hydrogens (tertiary/aromatic N) is 1. The first-order valence-corrected chi connectivity index (χ1v) is 3.05. The van der Waals surface area contributed by atoms with Gasteiger partial charge in [0.25, 0.3) is 6.47 Å². The van der Waals surface area contributed by atoms with Crippen LogP contribution in [0.1, 0.15) is 12.8 Å². The average molecular weight is 401 g/mol. The number of carboxylic acid groups (broad SMARTS) is 1. The van der Waals surface area contributed by atoms with Crippen LogP contribution in [0, 0.1) is 0 Å². The molecule has 0 saturated carbocycles. The summed E-state index contributed by atoms with van der Waals surface area (Å²) < 4.78 is 0. The number of carbonyl (C=O) groups excluding carboxylic acids is 1. The number of amides is 1. The van der Waals surface area contributed by atoms with Gasteiger partial charge >= 0.3 is 0 Å². The number of hydrogen-bond donors (Lipinski definition) is 1. The van der Waals surface area contributed by atoms with E-state index in [1.165, 1.54) is 0 Å². The standard InChI is InChI=1S/C5H8NO.CH2O2.Fm/c7-5-6-3-1-2-4-6;2-1-3;/h1-4H2;1H,(H,2,3);/q-1;;. The Morgan fingerprint density at radius 1 is 1.36 bits per heavy atom. The van der Waals surface area contributed by atoms with Gasteiger partial charge in [0.1, 0.15) is 0 Å². The summed E-state index contributed by atoms with van der Waals surface area (Å²) in [6, 6.07) is 0. The molecule has 0 aromatic rings. The zero-order valence-electron chi connectivity index (χ0n) is 5.91. The van der Waals surface area contributed by atoms with E-state index in [9.17, 15) is 4.79 Å². The topological polar surface area (TPSA) is 57.6 Å². The summed E-state index contributed by atoms with van der Waals surface area (Å²) in [5, 5.41) is 6.89. The zero-order valence-corrected chi connectivity index (χ0v) is 8.31. The second kappa shape index (κ2) is 7.94. The van der Waals surface area contributed by atoms with E-state index in [0.29, 0.717) is 0 Å². The van der Waals surface area contributed by atoms with E-state index in [0.717, 1.165) is 25.9 Å². The van der Waals surface area contributed by atoms with Crippen molar-refractivity contribution in [1.29, 1.82) is 0 Å². The van der Waals surface area contributed by atoms with Crippen molar-refractivity contribution in [3.63, 3.8) is 0 Å². The van der Waals surface area contributed by atoms with Crippen molar-refractivity contribution in [1.82, 2.24) is 4.90 Å². The van der Waals surface area contributed by atoms with Crippen molar-refractivity contribution in [3.05, 3.63) is 0 Å². The predicted octanol–water partition coefficient (Wildman–Crippen LogP) is -0.150. The quantitative estimate of drug-likeness (QED) is 0.492. The molecule has 0 aromatic heterocycles. The van der Waals surface area contributed by atoms with Gasteiger partial charge in [0.05, 0.1) is 0 Å². The molecule has 1 fully saturated rings. The summed E-state index contributed by atoms with van der Waals surface area (Å²) in [7, 11) is 0. The van der Waals surface area contributed by atoms with Crippen LogP contribution in [-0.4, -0.2) is 36.0 Å². The van der Waals surface area contributed by atoms with Gasteiger partial charge < -0.3 is 14.8 Å². The Hall–Kier alpha value is -2.06. The van der Waals surface area contributed by atoms with Crippen molar-refractivity contribution in [3.8, 4) is 0 Å². The molecule has 1 aliphatic rings. The van der Waals surface area contributed by atoms with E-state index in [-0.39, 0.29) is 6.47 Å². The van der Waals surface area contributed by atoms with E-state index in [1.807, 2.05) is 6.41 Å². The first-order chi connectivity index (χ1) is 4.85. The molecule has 1 aliphatic heterocycles. The monoisotopic (exact) mass is 401 g/mol. The Balaban J connectivity index is 0. The van der Waals surface area contributed by atoms with Gasteiger partial charge in [-0.2, -0.15) is 6.41 Å². The molecular weight excluding hydrogens is 391 g/mol. The fourth-order valence-corrected chi connectivity index (χ4v) is 0.808. The zero-order chi connectivity index (χ0) is 7.82. The first-order valence-electron chi connectivity index (χ1n) is 3.05. The Morgan fingerprint density at radius 2 is 1.73 bits per heavy atom. The maximum absolute atomic E-state index is 9.81. The van der Waals surface area contributed by atoms with Gasteiger partial charge in [0, 0.05) is 0 Å². The van der Waals surface area contributed by atoms with Gasteiger partial charge in [-0.3, -0.25) is 4.79 Å². The maximum atomic E-state index is 9.81. The average Bonchev–Trinajstić information content (AvgIpc) is 2.39. The molecular formula is C6H10FmNO3-. The van der Waals surface area contributed by atoms with Gasteiger partial charge in [0.15, 0.2) is 0 Å². The van der Waals surface area contributed by atoms with Crippen molar-refractivity contribution >= 4 is 12.9 Å². The molecule has 1 N–H and O–H groups in total. The maximum Gasteiger partial charge on any atom is 0.290 e. The molecule has 1 amide bonds. The molecule has 1 rings (SSSR count). The summed E-state index contributed by atoms with van der Waals surface area (Å²) in [6.45, 7) is 1.59. The molecule has 0 unspecified atom stereocenters. The van der Waals surface area contributed by atoms with Gasteiger partial charge in [0.2, 0.25) is 0 Å². The van der Waals surface area contributed by atoms with Crippen LogP contribution >= 0.6 is 0 Å². The Bertz CT molecular complexity index is 104. The van der Waals surface area contributed by atoms with Crippen LogP contribution in [0.2, 0.25) is 0 Å². The van der Waals surface area contributed by atoms with Crippen molar-refractivity contribution < 1.29 is 14.7 Å². The second-order valence-electron chi connectivity index (χ2n) is 1.89. The van der Waals surface area contributed by atoms with E-state index in [1.54, 1.807) is 4.90 Å². The van der Waals surface area contributed by atoms with Crippen LogP contribution in [0.15, 0.2) is 0 Å². The fourth-order valence-electron chi connectivity index (χ4n) is 0.808. The first kappa shape index (κ1) is 11.7. The van der Waals surface area contributed by atoms with E-state index in [4.69, 9.17) is 9.90 Å². The molecule has 11 heavy (non-hydrogen) atoms. The van der Waals surface area contributed by atoms with Crippen LogP contribution in [0.3, 0.4) is 0 Å². The SMILES string of the molecule is O=CO.O=[C-]N1CCCC1.[Fm]. The molecule has 0 bridgehead atoms. The van der Waals surface area contributed by atoms with Crippen molar-refractivity contribution in [2.75, 3.05) is 13.1 Å². The minimum atomic E-state index is -0.250. The smallest absolute Gasteiger partial charge is 0.290 e. The molecule has 0 atom stereocenters. The summed E-state index contributed by atoms with van der Waals surface area (Å²) in [5.41, 5.74) is 0. The molecule has 5 heteroatoms. The van der Waals surface area contributed by atoms with Gasteiger partial charge in [-0.25, -0.2) is 0 Å². The van der Waals surface area contributed by atoms with Crippen molar-refractivity contribution in [2.24, 2.45) is 0 Å². The third-order valence-corrected chi connectivity index (χ3v) is 1.24. The van der Waals surface area contributed by atoms with E-state index in [2.05, 4.69) is 0 Å². The van der Waals surface area contributed by atoms with Gasteiger partial charge in [-0.15, -0.1) is 0 Å². The van der Waals surface area contributed by atoms with Crippen LogP contribution < -0.4 is 0 Å². The second-order valence-corrected chi connectivity index (χ2v) is 1.89. The molecule has 70 valence electrons. The summed E-state index contributed by atoms with van der Waals surface area (Å²) in [6.07, 6.45) is 4.17. The predicted molar refractivity (Wildman–Crippen MR) is 35.2 cm³/mol. The molecule has 1 saturated heterocycles. The number of hydrogen-bond acceptors (Lipinski definition) is 2. The van der Waals surface area contributed by atoms with Crippen LogP contribution in [0.25, 0.3) is 0 Å². The summed E-state index contributed by atoms with van der Waals surface area (Å²) in [4.78, 5) is 19.8. The van der Waals surface area contributed by atoms with E-state index >= 15 is 0 Å². The molecule has 1 heterocycles. The largest absolute Gasteiger partial charge is 0.520 e. The van der Waals surface area contributed by atoms with Crippen LogP contribution in [0.4, 0.5) is 0 Å². The molecule has 0 aromatic carbocycles. The van der Waals surface area contributed by atoms with Gasteiger partial charge in [-0.05, 0) is 25.9 Å². The van der Waals surface area contributed by atoms with Crippen LogP contribution in [-0.2, 0) is 9.59 Å². The number of carbonyl (C=O) groups is 1. The molecule has 0 spiro atoms. The third-order valence-electron chi connectivity index (χ3n) is 1.24. The van der Waals surface area contributed by atoms with Crippen LogP contribution in [0.5, 0.6) is 0 Å². The minimum Gasteiger partial charge on any atom is -0.520 e. The number of likely N-dealkylation sites (tertiary alicyclic amines) is 1. The number of rotatable bonds is 1. The van der Waals surface area contributed by atoms with Crippen molar-refractivity contribution in [2.45, 2.75) is 12.8 Å². The third kappa shape index (κ3) is 5.82. The summed E-state index contributed by atoms with van der Waals surface area (Å²) in [5.74, 6) is 0. The van der Waals surface area contributed by atoms with Gasteiger partial charge in [-0.1, -0.05) is 0 Å². The Labute approximate surface area is 59.4 Å². The Morgan fingerprint density at radius 3 is 1.91 bits per heavy atom. The summed E-state index contributed by atoms with van der Waals surface area (Å²) >= 11 is 0.